The number of urea groups is 1. The van der Waals surface area contributed by atoms with Gasteiger partial charge >= 0.3 is 12.0 Å². The lowest BCUT2D eigenvalue weighted by molar-refractivity contribution is 0.0697. The molecule has 3 N–H and O–H groups in total. The second-order valence-electron chi connectivity index (χ2n) is 3.90. The Balaban J connectivity index is 2.09. The van der Waals surface area contributed by atoms with Crippen LogP contribution < -0.4 is 10.6 Å². The minimum absolute atomic E-state index is 0.126. The maximum Gasteiger partial charge on any atom is 0.337 e. The molecule has 0 bridgehead atoms. The van der Waals surface area contributed by atoms with Crippen LogP contribution in [0.3, 0.4) is 0 Å². The molecule has 1 aromatic heterocycles. The zero-order chi connectivity index (χ0) is 15.4. The summed E-state index contributed by atoms with van der Waals surface area (Å²) in [5.74, 6) is -4.04. The molecule has 0 saturated heterocycles. The maximum absolute atomic E-state index is 13.1. The van der Waals surface area contributed by atoms with Crippen molar-refractivity contribution in [1.82, 2.24) is 10.3 Å². The van der Waals surface area contributed by atoms with Crippen LogP contribution in [0.2, 0.25) is 0 Å². The van der Waals surface area contributed by atoms with E-state index < -0.39 is 29.2 Å². The van der Waals surface area contributed by atoms with Gasteiger partial charge in [0.05, 0.1) is 29.0 Å². The van der Waals surface area contributed by atoms with Crippen LogP contribution in [0.4, 0.5) is 19.3 Å². The van der Waals surface area contributed by atoms with Gasteiger partial charge in [-0.15, -0.1) is 11.3 Å². The maximum atomic E-state index is 13.1. The summed E-state index contributed by atoms with van der Waals surface area (Å²) in [4.78, 5) is 26.5. The van der Waals surface area contributed by atoms with Gasteiger partial charge in [-0.25, -0.2) is 23.4 Å². The fourth-order valence-corrected chi connectivity index (χ4v) is 2.05. The van der Waals surface area contributed by atoms with Gasteiger partial charge in [0.25, 0.3) is 0 Å². The van der Waals surface area contributed by atoms with Gasteiger partial charge < -0.3 is 15.7 Å². The van der Waals surface area contributed by atoms with Gasteiger partial charge in [-0.3, -0.25) is 0 Å². The molecule has 9 heteroatoms. The molecule has 1 heterocycles. The van der Waals surface area contributed by atoms with Crippen LogP contribution in [0.15, 0.2) is 23.0 Å². The quantitative estimate of drug-likeness (QED) is 0.808. The van der Waals surface area contributed by atoms with Crippen LogP contribution in [0, 0.1) is 11.6 Å². The predicted octanol–water partition coefficient (Wildman–Crippen LogP) is 2.44. The van der Waals surface area contributed by atoms with E-state index >= 15 is 0 Å². The standard InChI is InChI=1S/C12H9F2N3O3S/c13-8-1-7(11(18)19)10(2-9(8)14)17-12(20)15-3-6-4-21-5-16-6/h1-2,4-5H,3H2,(H,18,19)(H2,15,17,20). The molecule has 0 saturated carbocycles. The third-order valence-corrected chi connectivity index (χ3v) is 3.09. The van der Waals surface area contributed by atoms with Gasteiger partial charge in [0.2, 0.25) is 0 Å². The minimum atomic E-state index is -1.48. The van der Waals surface area contributed by atoms with Crippen molar-refractivity contribution in [3.05, 3.63) is 45.9 Å². The van der Waals surface area contributed by atoms with E-state index in [2.05, 4.69) is 15.6 Å². The molecule has 0 radical (unpaired) electrons. The van der Waals surface area contributed by atoms with Crippen LogP contribution in [-0.2, 0) is 6.54 Å². The molecule has 0 fully saturated rings. The number of rotatable bonds is 4. The Morgan fingerprint density at radius 2 is 2.00 bits per heavy atom. The molecule has 0 aliphatic rings. The SMILES string of the molecule is O=C(NCc1cscn1)Nc1cc(F)c(F)cc1C(=O)O. The minimum Gasteiger partial charge on any atom is -0.478 e. The fraction of sp³-hybridized carbons (Fsp3) is 0.0833. The number of nitrogens with zero attached hydrogens (tertiary/aromatic N) is 1. The van der Waals surface area contributed by atoms with E-state index in [1.54, 1.807) is 10.9 Å². The molecular weight excluding hydrogens is 304 g/mol. The van der Waals surface area contributed by atoms with E-state index in [9.17, 15) is 18.4 Å². The topological polar surface area (TPSA) is 91.3 Å². The molecule has 0 spiro atoms. The van der Waals surface area contributed by atoms with Crippen molar-refractivity contribution in [2.45, 2.75) is 6.54 Å². The molecule has 21 heavy (non-hydrogen) atoms. The summed E-state index contributed by atoms with van der Waals surface area (Å²) in [5, 5.41) is 15.2. The summed E-state index contributed by atoms with van der Waals surface area (Å²) in [7, 11) is 0. The van der Waals surface area contributed by atoms with E-state index in [1.165, 1.54) is 11.3 Å². The number of carbonyl (C=O) groups is 2. The monoisotopic (exact) mass is 313 g/mol. The van der Waals surface area contributed by atoms with Crippen LogP contribution >= 0.6 is 11.3 Å². The van der Waals surface area contributed by atoms with E-state index in [0.29, 0.717) is 17.8 Å². The number of thiazole rings is 1. The molecule has 110 valence electrons. The van der Waals surface area contributed by atoms with Gasteiger partial charge in [0.1, 0.15) is 0 Å². The first-order chi connectivity index (χ1) is 9.97. The molecule has 0 unspecified atom stereocenters. The van der Waals surface area contributed by atoms with Crippen molar-refractivity contribution in [2.24, 2.45) is 0 Å². The second-order valence-corrected chi connectivity index (χ2v) is 4.62. The van der Waals surface area contributed by atoms with Gasteiger partial charge in [0.15, 0.2) is 11.6 Å². The average molecular weight is 313 g/mol. The molecule has 0 aliphatic carbocycles. The number of nitrogens with one attached hydrogen (secondary N) is 2. The van der Waals surface area contributed by atoms with Crippen LogP contribution in [0.5, 0.6) is 0 Å². The summed E-state index contributed by atoms with van der Waals surface area (Å²) in [5.41, 5.74) is 1.33. The normalized spacial score (nSPS) is 10.2. The second kappa shape index (κ2) is 6.27. The summed E-state index contributed by atoms with van der Waals surface area (Å²) in [6.07, 6.45) is 0. The third-order valence-electron chi connectivity index (χ3n) is 2.45. The van der Waals surface area contributed by atoms with Crippen LogP contribution in [0.25, 0.3) is 0 Å². The number of carboxylic acids is 1. The third kappa shape index (κ3) is 3.72. The molecule has 6 nitrogen and oxygen atoms in total. The van der Waals surface area contributed by atoms with Crippen molar-refractivity contribution in [2.75, 3.05) is 5.32 Å². The van der Waals surface area contributed by atoms with E-state index in [-0.39, 0.29) is 12.2 Å². The van der Waals surface area contributed by atoms with E-state index in [1.807, 2.05) is 0 Å². The molecule has 1 aromatic carbocycles. The number of anilines is 1. The number of hydrogen-bond acceptors (Lipinski definition) is 4. The molecule has 0 atom stereocenters. The van der Waals surface area contributed by atoms with E-state index in [4.69, 9.17) is 5.11 Å². The summed E-state index contributed by atoms with van der Waals surface area (Å²) >= 11 is 1.35. The number of halogens is 2. The first kappa shape index (κ1) is 14.9. The van der Waals surface area contributed by atoms with Crippen molar-refractivity contribution >= 4 is 29.0 Å². The largest absolute Gasteiger partial charge is 0.478 e. The zero-order valence-electron chi connectivity index (χ0n) is 10.4. The Morgan fingerprint density at radius 3 is 2.62 bits per heavy atom. The molecule has 2 amide bonds. The number of aromatic carboxylic acids is 1. The fourth-order valence-electron chi connectivity index (χ4n) is 1.49. The lowest BCUT2D eigenvalue weighted by atomic mass is 10.1. The molecule has 0 aliphatic heterocycles. The Labute approximate surface area is 121 Å². The highest BCUT2D eigenvalue weighted by Gasteiger charge is 2.17. The number of carboxylic acid groups (broad SMARTS) is 1. The van der Waals surface area contributed by atoms with Crippen LogP contribution in [0.1, 0.15) is 16.1 Å². The van der Waals surface area contributed by atoms with Crippen molar-refractivity contribution in [3.8, 4) is 0 Å². The first-order valence-corrected chi connectivity index (χ1v) is 6.56. The summed E-state index contributed by atoms with van der Waals surface area (Å²) in [6.45, 7) is 0.126. The van der Waals surface area contributed by atoms with Gasteiger partial charge in [-0.05, 0) is 6.07 Å². The smallest absolute Gasteiger partial charge is 0.337 e. The summed E-state index contributed by atoms with van der Waals surface area (Å²) in [6, 6.07) is 0.367. The number of carbonyl (C=O) groups excluding carboxylic acids is 1. The van der Waals surface area contributed by atoms with E-state index in [0.717, 1.165) is 0 Å². The molecule has 2 rings (SSSR count). The van der Waals surface area contributed by atoms with Crippen molar-refractivity contribution in [3.63, 3.8) is 0 Å². The number of benzene rings is 1. The number of aromatic nitrogens is 1. The Bertz CT molecular complexity index is 677. The molecule has 2 aromatic rings. The summed E-state index contributed by atoms with van der Waals surface area (Å²) < 4.78 is 26.2. The van der Waals surface area contributed by atoms with Crippen molar-refractivity contribution < 1.29 is 23.5 Å². The van der Waals surface area contributed by atoms with Gasteiger partial charge in [0, 0.05) is 11.4 Å². The van der Waals surface area contributed by atoms with Gasteiger partial charge in [-0.1, -0.05) is 0 Å². The first-order valence-electron chi connectivity index (χ1n) is 5.61. The zero-order valence-corrected chi connectivity index (χ0v) is 11.2. The highest BCUT2D eigenvalue weighted by atomic mass is 32.1. The predicted molar refractivity (Wildman–Crippen MR) is 71.3 cm³/mol. The number of amides is 2. The van der Waals surface area contributed by atoms with Crippen LogP contribution in [-0.4, -0.2) is 22.1 Å². The van der Waals surface area contributed by atoms with Gasteiger partial charge in [-0.2, -0.15) is 0 Å². The lowest BCUT2D eigenvalue weighted by Gasteiger charge is -2.10. The Morgan fingerprint density at radius 1 is 1.29 bits per heavy atom. The number of hydrogen-bond donors (Lipinski definition) is 3. The van der Waals surface area contributed by atoms with Crippen molar-refractivity contribution in [1.29, 1.82) is 0 Å². The lowest BCUT2D eigenvalue weighted by Crippen LogP contribution is -2.29. The highest BCUT2D eigenvalue weighted by molar-refractivity contribution is 7.07. The Hall–Kier alpha value is -2.55. The average Bonchev–Trinajstić information content (AvgIpc) is 2.93. The molecular formula is C12H9F2N3O3S. The highest BCUT2D eigenvalue weighted by Crippen LogP contribution is 2.20. The Kier molecular flexibility index (Phi) is 4.43.